The highest BCUT2D eigenvalue weighted by Gasteiger charge is 2.20. The quantitative estimate of drug-likeness (QED) is 0.785. The number of aromatic nitrogens is 2. The zero-order valence-corrected chi connectivity index (χ0v) is 12.7. The normalized spacial score (nSPS) is 19.2. The number of rotatable bonds is 7. The van der Waals surface area contributed by atoms with Gasteiger partial charge < -0.3 is 10.1 Å². The molecule has 112 valence electrons. The average Bonchev–Trinajstić information content (AvgIpc) is 2.84. The van der Waals surface area contributed by atoms with Gasteiger partial charge in [0.1, 0.15) is 5.69 Å². The van der Waals surface area contributed by atoms with Crippen molar-refractivity contribution in [2.45, 2.75) is 44.7 Å². The van der Waals surface area contributed by atoms with Gasteiger partial charge in [0.15, 0.2) is 5.78 Å². The lowest BCUT2D eigenvalue weighted by atomic mass is 9.99. The van der Waals surface area contributed by atoms with E-state index in [0.717, 1.165) is 19.4 Å². The topological polar surface area (TPSA) is 56.2 Å². The first-order valence-electron chi connectivity index (χ1n) is 7.19. The number of piperidine rings is 1. The molecular formula is C14H22ClN3O2. The third kappa shape index (κ3) is 4.04. The van der Waals surface area contributed by atoms with Gasteiger partial charge in [-0.05, 0) is 25.8 Å². The standard InChI is InChI=1S/C14H22ClN3O2/c1-20-9-8-18-14(12(15)10-17-18)13(19)6-5-11-4-2-3-7-16-11/h10-11,16H,2-9H2,1H3. The molecule has 0 amide bonds. The summed E-state index contributed by atoms with van der Waals surface area (Å²) < 4.78 is 6.66. The molecule has 20 heavy (non-hydrogen) atoms. The molecule has 1 aliphatic heterocycles. The third-order valence-corrected chi connectivity index (χ3v) is 3.97. The number of halogens is 1. The summed E-state index contributed by atoms with van der Waals surface area (Å²) >= 11 is 6.08. The Bertz CT molecular complexity index is 442. The van der Waals surface area contributed by atoms with E-state index in [-0.39, 0.29) is 5.78 Å². The van der Waals surface area contributed by atoms with Crippen LogP contribution in [-0.4, -0.2) is 41.9 Å². The minimum Gasteiger partial charge on any atom is -0.383 e. The molecule has 5 nitrogen and oxygen atoms in total. The van der Waals surface area contributed by atoms with Crippen LogP contribution in [0.2, 0.25) is 5.02 Å². The highest BCUT2D eigenvalue weighted by atomic mass is 35.5. The summed E-state index contributed by atoms with van der Waals surface area (Å²) in [5.41, 5.74) is 0.513. The number of nitrogens with zero attached hydrogens (tertiary/aromatic N) is 2. The van der Waals surface area contributed by atoms with E-state index >= 15 is 0 Å². The average molecular weight is 300 g/mol. The van der Waals surface area contributed by atoms with E-state index in [1.807, 2.05) is 0 Å². The second-order valence-electron chi connectivity index (χ2n) is 5.17. The van der Waals surface area contributed by atoms with Crippen LogP contribution in [-0.2, 0) is 11.3 Å². The van der Waals surface area contributed by atoms with Crippen LogP contribution in [0.15, 0.2) is 6.20 Å². The van der Waals surface area contributed by atoms with Gasteiger partial charge in [-0.15, -0.1) is 0 Å². The van der Waals surface area contributed by atoms with E-state index in [4.69, 9.17) is 16.3 Å². The molecule has 1 aromatic rings. The highest BCUT2D eigenvalue weighted by molar-refractivity contribution is 6.33. The Balaban J connectivity index is 1.92. The Morgan fingerprint density at radius 3 is 3.15 bits per heavy atom. The second kappa shape index (κ2) is 7.76. The molecule has 1 aliphatic rings. The summed E-state index contributed by atoms with van der Waals surface area (Å²) in [4.78, 5) is 12.3. The molecule has 1 unspecified atom stereocenters. The van der Waals surface area contributed by atoms with E-state index in [1.165, 1.54) is 19.0 Å². The molecule has 6 heteroatoms. The van der Waals surface area contributed by atoms with Gasteiger partial charge in [0.05, 0.1) is 24.4 Å². The first kappa shape index (κ1) is 15.5. The van der Waals surface area contributed by atoms with Crippen LogP contribution >= 0.6 is 11.6 Å². The molecular weight excluding hydrogens is 278 g/mol. The Labute approximate surface area is 124 Å². The van der Waals surface area contributed by atoms with Crippen LogP contribution in [0.3, 0.4) is 0 Å². The van der Waals surface area contributed by atoms with Gasteiger partial charge in [-0.3, -0.25) is 9.48 Å². The monoisotopic (exact) mass is 299 g/mol. The number of hydrogen-bond acceptors (Lipinski definition) is 4. The molecule has 1 atom stereocenters. The van der Waals surface area contributed by atoms with E-state index in [2.05, 4.69) is 10.4 Å². The molecule has 0 saturated carbocycles. The summed E-state index contributed by atoms with van der Waals surface area (Å²) in [5.74, 6) is 0.0657. The fourth-order valence-corrected chi connectivity index (χ4v) is 2.83. The fourth-order valence-electron chi connectivity index (χ4n) is 2.58. The molecule has 0 bridgehead atoms. The molecule has 0 radical (unpaired) electrons. The number of carbonyl (C=O) groups excluding carboxylic acids is 1. The molecule has 0 spiro atoms. The fraction of sp³-hybridized carbons (Fsp3) is 0.714. The number of nitrogens with one attached hydrogen (secondary N) is 1. The maximum Gasteiger partial charge on any atom is 0.182 e. The van der Waals surface area contributed by atoms with Crippen molar-refractivity contribution < 1.29 is 9.53 Å². The van der Waals surface area contributed by atoms with Crippen LogP contribution in [0.1, 0.15) is 42.6 Å². The molecule has 2 rings (SSSR count). The molecule has 0 aromatic carbocycles. The number of ether oxygens (including phenoxy) is 1. The van der Waals surface area contributed by atoms with E-state index in [9.17, 15) is 4.79 Å². The predicted molar refractivity (Wildman–Crippen MR) is 78.3 cm³/mol. The smallest absolute Gasteiger partial charge is 0.182 e. The summed E-state index contributed by atoms with van der Waals surface area (Å²) in [6.45, 7) is 2.12. The lowest BCUT2D eigenvalue weighted by molar-refractivity contribution is 0.0960. The van der Waals surface area contributed by atoms with Gasteiger partial charge in [-0.25, -0.2) is 0 Å². The molecule has 1 fully saturated rings. The van der Waals surface area contributed by atoms with Crippen molar-refractivity contribution in [2.24, 2.45) is 0 Å². The number of hydrogen-bond donors (Lipinski definition) is 1. The van der Waals surface area contributed by atoms with Crippen LogP contribution in [0.5, 0.6) is 0 Å². The van der Waals surface area contributed by atoms with E-state index < -0.39 is 0 Å². The first-order valence-corrected chi connectivity index (χ1v) is 7.57. The van der Waals surface area contributed by atoms with Crippen molar-refractivity contribution in [3.63, 3.8) is 0 Å². The largest absolute Gasteiger partial charge is 0.383 e. The maximum atomic E-state index is 12.3. The Morgan fingerprint density at radius 2 is 2.45 bits per heavy atom. The van der Waals surface area contributed by atoms with E-state index in [1.54, 1.807) is 11.8 Å². The second-order valence-corrected chi connectivity index (χ2v) is 5.57. The van der Waals surface area contributed by atoms with Gasteiger partial charge in [0, 0.05) is 19.6 Å². The summed E-state index contributed by atoms with van der Waals surface area (Å²) in [6, 6.07) is 0.460. The van der Waals surface area contributed by atoms with Gasteiger partial charge >= 0.3 is 0 Å². The maximum absolute atomic E-state index is 12.3. The van der Waals surface area contributed by atoms with Gasteiger partial charge in [0.2, 0.25) is 0 Å². The van der Waals surface area contributed by atoms with Crippen LogP contribution in [0.25, 0.3) is 0 Å². The Hall–Kier alpha value is -0.910. The molecule has 1 N–H and O–H groups in total. The summed E-state index contributed by atoms with van der Waals surface area (Å²) in [7, 11) is 1.63. The van der Waals surface area contributed by atoms with Gasteiger partial charge in [-0.1, -0.05) is 18.0 Å². The van der Waals surface area contributed by atoms with Crippen molar-refractivity contribution in [3.8, 4) is 0 Å². The minimum absolute atomic E-state index is 0.0657. The highest BCUT2D eigenvalue weighted by Crippen LogP contribution is 2.19. The number of carbonyl (C=O) groups is 1. The number of ketones is 1. The van der Waals surface area contributed by atoms with Gasteiger partial charge in [-0.2, -0.15) is 5.10 Å². The molecule has 0 aliphatic carbocycles. The zero-order chi connectivity index (χ0) is 14.4. The third-order valence-electron chi connectivity index (χ3n) is 3.70. The molecule has 1 saturated heterocycles. The molecule has 2 heterocycles. The summed E-state index contributed by atoms with van der Waals surface area (Å²) in [6.07, 6.45) is 6.55. The van der Waals surface area contributed by atoms with Crippen molar-refractivity contribution >= 4 is 17.4 Å². The van der Waals surface area contributed by atoms with Crippen molar-refractivity contribution in [1.29, 1.82) is 0 Å². The number of methoxy groups -OCH3 is 1. The van der Waals surface area contributed by atoms with Crippen LogP contribution in [0, 0.1) is 0 Å². The lowest BCUT2D eigenvalue weighted by Gasteiger charge is -2.23. The zero-order valence-electron chi connectivity index (χ0n) is 11.9. The van der Waals surface area contributed by atoms with E-state index in [0.29, 0.717) is 36.3 Å². The van der Waals surface area contributed by atoms with Crippen molar-refractivity contribution in [1.82, 2.24) is 15.1 Å². The predicted octanol–water partition coefficient (Wildman–Crippen LogP) is 2.29. The van der Waals surface area contributed by atoms with Crippen LogP contribution < -0.4 is 5.32 Å². The van der Waals surface area contributed by atoms with Crippen molar-refractivity contribution in [2.75, 3.05) is 20.3 Å². The number of Topliss-reactive ketones (excluding diaryl/α,β-unsaturated/α-hetero) is 1. The Morgan fingerprint density at radius 1 is 1.60 bits per heavy atom. The summed E-state index contributed by atoms with van der Waals surface area (Å²) in [5, 5.41) is 8.03. The van der Waals surface area contributed by atoms with Crippen molar-refractivity contribution in [3.05, 3.63) is 16.9 Å². The lowest BCUT2D eigenvalue weighted by Crippen LogP contribution is -2.34. The SMILES string of the molecule is COCCn1ncc(Cl)c1C(=O)CCC1CCCCN1. The minimum atomic E-state index is 0.0657. The van der Waals surface area contributed by atoms with Gasteiger partial charge in [0.25, 0.3) is 0 Å². The first-order chi connectivity index (χ1) is 9.72. The Kier molecular flexibility index (Phi) is 6.01. The van der Waals surface area contributed by atoms with Crippen LogP contribution in [0.4, 0.5) is 0 Å². The molecule has 1 aromatic heterocycles.